The third-order valence-electron chi connectivity index (χ3n) is 3.58. The molecule has 1 amide bonds. The molecule has 0 saturated carbocycles. The van der Waals surface area contributed by atoms with E-state index in [0.717, 1.165) is 36.1 Å². The first kappa shape index (κ1) is 17.4. The molecule has 1 aliphatic rings. The maximum Gasteiger partial charge on any atom is 0.351 e. The first-order valence-corrected chi connectivity index (χ1v) is 9.05. The van der Waals surface area contributed by atoms with E-state index in [4.69, 9.17) is 5.73 Å². The molecule has 8 heteroatoms. The highest BCUT2D eigenvalue weighted by Gasteiger charge is 2.25. The number of rotatable bonds is 5. The number of primary amides is 1. The van der Waals surface area contributed by atoms with Crippen molar-refractivity contribution in [3.05, 3.63) is 26.6 Å². The highest BCUT2D eigenvalue weighted by atomic mass is 32.2. The lowest BCUT2D eigenvalue weighted by atomic mass is 9.95. The Morgan fingerprint density at radius 3 is 2.65 bits per heavy atom. The molecule has 1 aromatic rings. The Hall–Kier alpha value is -1.98. The predicted molar refractivity (Wildman–Crippen MR) is 91.3 cm³/mol. The Balaban J connectivity index is 2.48. The van der Waals surface area contributed by atoms with E-state index in [2.05, 4.69) is 10.1 Å². The Bertz CT molecular complexity index is 716. The summed E-state index contributed by atoms with van der Waals surface area (Å²) in [5.74, 6) is -1.21. The summed E-state index contributed by atoms with van der Waals surface area (Å²) in [6, 6.07) is 1.84. The predicted octanol–water partition coefficient (Wildman–Crippen LogP) is 2.41. The Labute approximate surface area is 142 Å². The summed E-state index contributed by atoms with van der Waals surface area (Å²) < 4.78 is 4.62. The molecule has 0 atom stereocenters. The van der Waals surface area contributed by atoms with E-state index in [1.165, 1.54) is 30.2 Å². The molecule has 1 aliphatic carbocycles. The number of nitrogens with zero attached hydrogens (tertiary/aromatic N) is 1. The fraction of sp³-hybridized carbons (Fsp3) is 0.400. The summed E-state index contributed by atoms with van der Waals surface area (Å²) in [7, 11) is 1.22. The van der Waals surface area contributed by atoms with Crippen LogP contribution < -0.4 is 11.1 Å². The van der Waals surface area contributed by atoms with Gasteiger partial charge in [0.15, 0.2) is 5.57 Å². The Morgan fingerprint density at radius 1 is 1.39 bits per heavy atom. The van der Waals surface area contributed by atoms with E-state index >= 15 is 0 Å². The van der Waals surface area contributed by atoms with Crippen LogP contribution in [0.1, 0.15) is 33.6 Å². The smallest absolute Gasteiger partial charge is 0.351 e. The molecule has 1 aromatic heterocycles. The average molecular weight is 351 g/mol. The fourth-order valence-electron chi connectivity index (χ4n) is 2.52. The van der Waals surface area contributed by atoms with Crippen molar-refractivity contribution < 1.29 is 14.3 Å². The van der Waals surface area contributed by atoms with Gasteiger partial charge in [-0.25, -0.2) is 4.79 Å². The molecular formula is C15H17N3O3S2. The molecule has 23 heavy (non-hydrogen) atoms. The summed E-state index contributed by atoms with van der Waals surface area (Å²) in [5.41, 5.74) is 6.88. The van der Waals surface area contributed by atoms with E-state index in [1.807, 2.05) is 6.07 Å². The molecule has 0 fully saturated rings. The fourth-order valence-corrected chi connectivity index (χ4v) is 4.43. The third kappa shape index (κ3) is 3.51. The van der Waals surface area contributed by atoms with Crippen LogP contribution in [-0.2, 0) is 22.4 Å². The number of ether oxygens (including phenoxy) is 1. The molecule has 0 aromatic carbocycles. The van der Waals surface area contributed by atoms with Crippen molar-refractivity contribution in [2.75, 3.05) is 18.7 Å². The summed E-state index contributed by atoms with van der Waals surface area (Å²) in [6.45, 7) is 0. The lowest BCUT2D eigenvalue weighted by molar-refractivity contribution is -0.135. The minimum atomic E-state index is -0.716. The zero-order chi connectivity index (χ0) is 17.0. The second-order valence-electron chi connectivity index (χ2n) is 4.92. The summed E-state index contributed by atoms with van der Waals surface area (Å²) >= 11 is 2.67. The van der Waals surface area contributed by atoms with Crippen LogP contribution in [0.5, 0.6) is 0 Å². The SMILES string of the molecule is COC(=O)/C(C#N)=C(\Nc1sc2c(c1C(N)=O)CCCC2)SC. The number of nitrogens with one attached hydrogen (secondary N) is 1. The van der Waals surface area contributed by atoms with Crippen molar-refractivity contribution in [1.29, 1.82) is 5.26 Å². The van der Waals surface area contributed by atoms with Gasteiger partial charge in [-0.05, 0) is 37.5 Å². The van der Waals surface area contributed by atoms with Gasteiger partial charge in [-0.15, -0.1) is 23.1 Å². The van der Waals surface area contributed by atoms with Gasteiger partial charge >= 0.3 is 5.97 Å². The molecule has 3 N–H and O–H groups in total. The van der Waals surface area contributed by atoms with Crippen molar-refractivity contribution in [3.63, 3.8) is 0 Å². The number of thioether (sulfide) groups is 1. The summed E-state index contributed by atoms with van der Waals surface area (Å²) in [6.07, 6.45) is 5.59. The van der Waals surface area contributed by atoms with Crippen molar-refractivity contribution in [3.8, 4) is 6.07 Å². The van der Waals surface area contributed by atoms with Gasteiger partial charge in [0.05, 0.1) is 17.7 Å². The van der Waals surface area contributed by atoms with Crippen LogP contribution in [0, 0.1) is 11.3 Å². The molecule has 122 valence electrons. The summed E-state index contributed by atoms with van der Waals surface area (Å²) in [5, 5.41) is 13.2. The van der Waals surface area contributed by atoms with Crippen molar-refractivity contribution in [2.24, 2.45) is 5.73 Å². The second kappa shape index (κ2) is 7.53. The van der Waals surface area contributed by atoms with Crippen LogP contribution in [0.4, 0.5) is 5.00 Å². The van der Waals surface area contributed by atoms with E-state index in [-0.39, 0.29) is 5.57 Å². The van der Waals surface area contributed by atoms with Crippen molar-refractivity contribution in [2.45, 2.75) is 25.7 Å². The average Bonchev–Trinajstić information content (AvgIpc) is 2.92. The second-order valence-corrected chi connectivity index (χ2v) is 6.84. The third-order valence-corrected chi connectivity index (χ3v) is 5.50. The number of carbonyl (C=O) groups excluding carboxylic acids is 2. The molecule has 1 heterocycles. The quantitative estimate of drug-likeness (QED) is 0.479. The first-order chi connectivity index (χ1) is 11.0. The van der Waals surface area contributed by atoms with E-state index < -0.39 is 11.9 Å². The van der Waals surface area contributed by atoms with E-state index in [9.17, 15) is 14.9 Å². The number of methoxy groups -OCH3 is 1. The van der Waals surface area contributed by atoms with Gasteiger partial charge in [0, 0.05) is 4.88 Å². The van der Waals surface area contributed by atoms with Gasteiger partial charge in [0.2, 0.25) is 0 Å². The molecule has 0 bridgehead atoms. The number of nitriles is 1. The highest BCUT2D eigenvalue weighted by Crippen LogP contribution is 2.39. The minimum Gasteiger partial charge on any atom is -0.465 e. The number of amides is 1. The maximum atomic E-state index is 11.9. The van der Waals surface area contributed by atoms with Crippen molar-refractivity contribution >= 4 is 40.0 Å². The number of aryl methyl sites for hydroxylation is 1. The lowest BCUT2D eigenvalue weighted by Crippen LogP contribution is -2.16. The number of anilines is 1. The lowest BCUT2D eigenvalue weighted by Gasteiger charge is -2.12. The topological polar surface area (TPSA) is 105 Å². The molecule has 0 aliphatic heterocycles. The molecule has 0 unspecified atom stereocenters. The van der Waals surface area contributed by atoms with Crippen LogP contribution >= 0.6 is 23.1 Å². The molecule has 0 saturated heterocycles. The molecule has 0 spiro atoms. The molecule has 2 rings (SSSR count). The van der Waals surface area contributed by atoms with E-state index in [0.29, 0.717) is 15.6 Å². The van der Waals surface area contributed by atoms with Gasteiger partial charge in [0.1, 0.15) is 11.1 Å². The van der Waals surface area contributed by atoms with Crippen LogP contribution in [-0.4, -0.2) is 25.2 Å². The molecule has 0 radical (unpaired) electrons. The van der Waals surface area contributed by atoms with Crippen LogP contribution in [0.3, 0.4) is 0 Å². The van der Waals surface area contributed by atoms with Crippen LogP contribution in [0.2, 0.25) is 0 Å². The Morgan fingerprint density at radius 2 is 2.09 bits per heavy atom. The van der Waals surface area contributed by atoms with E-state index in [1.54, 1.807) is 6.26 Å². The number of thiophene rings is 1. The monoisotopic (exact) mass is 351 g/mol. The number of esters is 1. The van der Waals surface area contributed by atoms with Gasteiger partial charge in [-0.1, -0.05) is 0 Å². The van der Waals surface area contributed by atoms with Crippen LogP contribution in [0.25, 0.3) is 0 Å². The zero-order valence-corrected chi connectivity index (χ0v) is 14.5. The van der Waals surface area contributed by atoms with Crippen LogP contribution in [0.15, 0.2) is 10.6 Å². The number of fused-ring (bicyclic) bond motifs is 1. The van der Waals surface area contributed by atoms with Gasteiger partial charge in [-0.3, -0.25) is 4.79 Å². The summed E-state index contributed by atoms with van der Waals surface area (Å²) in [4.78, 5) is 24.7. The van der Waals surface area contributed by atoms with Gasteiger partial charge < -0.3 is 15.8 Å². The number of nitrogens with two attached hydrogens (primary N) is 1. The number of hydrogen-bond acceptors (Lipinski definition) is 7. The number of carbonyl (C=O) groups is 2. The van der Waals surface area contributed by atoms with Gasteiger partial charge in [0.25, 0.3) is 5.91 Å². The molecule has 6 nitrogen and oxygen atoms in total. The van der Waals surface area contributed by atoms with Gasteiger partial charge in [-0.2, -0.15) is 5.26 Å². The van der Waals surface area contributed by atoms with Crippen molar-refractivity contribution in [1.82, 2.24) is 0 Å². The minimum absolute atomic E-state index is 0.123. The normalized spacial score (nSPS) is 14.3. The largest absolute Gasteiger partial charge is 0.465 e. The first-order valence-electron chi connectivity index (χ1n) is 7.01. The zero-order valence-electron chi connectivity index (χ0n) is 12.9. The molecular weight excluding hydrogens is 334 g/mol. The Kier molecular flexibility index (Phi) is 5.69. The standard InChI is InChI=1S/C15H17N3O3S2/c1-21-15(20)9(7-16)13(22-2)18-14-11(12(17)19)8-5-3-4-6-10(8)23-14/h18H,3-6H2,1-2H3,(H2,17,19)/b13-9+. The maximum absolute atomic E-state index is 11.9. The highest BCUT2D eigenvalue weighted by molar-refractivity contribution is 8.02. The number of hydrogen-bond donors (Lipinski definition) is 2.